The minimum Gasteiger partial charge on any atom is -0.424 e. The first-order valence-corrected chi connectivity index (χ1v) is 11.6. The summed E-state index contributed by atoms with van der Waals surface area (Å²) in [5.74, 6) is 0.568. The second-order valence-electron chi connectivity index (χ2n) is 7.73. The van der Waals surface area contributed by atoms with Crippen molar-refractivity contribution in [3.63, 3.8) is 0 Å². The lowest BCUT2D eigenvalue weighted by Crippen LogP contribution is -2.36. The molecule has 0 atom stereocenters. The van der Waals surface area contributed by atoms with Gasteiger partial charge in [0, 0.05) is 30.5 Å². The van der Waals surface area contributed by atoms with Gasteiger partial charge in [0.15, 0.2) is 5.13 Å². The number of benzene rings is 2. The maximum Gasteiger partial charge on any atom is 0.323 e. The molecule has 1 saturated heterocycles. The Morgan fingerprint density at radius 2 is 1.71 bits per heavy atom. The molecule has 8 nitrogen and oxygen atoms in total. The quantitative estimate of drug-likeness (QED) is 0.319. The van der Waals surface area contributed by atoms with Crippen molar-refractivity contribution < 1.29 is 18.3 Å². The van der Waals surface area contributed by atoms with E-state index in [2.05, 4.69) is 30.5 Å². The highest BCUT2D eigenvalue weighted by Crippen LogP contribution is 2.34. The third-order valence-electron chi connectivity index (χ3n) is 5.25. The molecular formula is C24H20F2N6O2S. The lowest BCUT2D eigenvalue weighted by Gasteiger charge is -2.30. The van der Waals surface area contributed by atoms with E-state index >= 15 is 0 Å². The molecule has 0 radical (unpaired) electrons. The highest BCUT2D eigenvalue weighted by Gasteiger charge is 2.18. The predicted octanol–water partition coefficient (Wildman–Crippen LogP) is 6.18. The fraction of sp³-hybridized carbons (Fsp3) is 0.167. The Kier molecular flexibility index (Phi) is 6.49. The number of ether oxygens (including phenoxy) is 1. The van der Waals surface area contributed by atoms with Crippen molar-refractivity contribution >= 4 is 33.9 Å². The molecular weight excluding hydrogens is 474 g/mol. The molecule has 0 saturated carbocycles. The van der Waals surface area contributed by atoms with Gasteiger partial charge < -0.3 is 20.3 Å². The SMILES string of the molecule is O=C(Nc1cnc(Oc2ccc(-c3cnc(N4CCC4)s3)cc2)nc1)Nc1cccc(C(F)F)c1. The number of nitrogens with zero attached hydrogens (tertiary/aromatic N) is 4. The van der Waals surface area contributed by atoms with Crippen LogP contribution >= 0.6 is 11.3 Å². The van der Waals surface area contributed by atoms with Crippen molar-refractivity contribution in [3.05, 3.63) is 72.7 Å². The molecule has 1 fully saturated rings. The molecule has 2 aromatic heterocycles. The molecule has 1 aliphatic rings. The average Bonchev–Trinajstić information content (AvgIpc) is 3.29. The first-order valence-electron chi connectivity index (χ1n) is 10.8. The number of amides is 2. The molecule has 35 heavy (non-hydrogen) atoms. The van der Waals surface area contributed by atoms with E-state index in [0.717, 1.165) is 28.7 Å². The van der Waals surface area contributed by atoms with Crippen molar-refractivity contribution in [1.29, 1.82) is 0 Å². The number of aromatic nitrogens is 3. The number of halogens is 2. The van der Waals surface area contributed by atoms with Gasteiger partial charge in [-0.3, -0.25) is 0 Å². The molecule has 178 valence electrons. The zero-order valence-electron chi connectivity index (χ0n) is 18.3. The number of anilines is 3. The molecule has 0 unspecified atom stereocenters. The van der Waals surface area contributed by atoms with Gasteiger partial charge in [-0.2, -0.15) is 0 Å². The van der Waals surface area contributed by atoms with Crippen LogP contribution in [0.1, 0.15) is 18.4 Å². The van der Waals surface area contributed by atoms with E-state index in [1.165, 1.54) is 43.1 Å². The second kappa shape index (κ2) is 10.0. The Morgan fingerprint density at radius 1 is 0.971 bits per heavy atom. The van der Waals surface area contributed by atoms with Crippen molar-refractivity contribution in [1.82, 2.24) is 15.0 Å². The average molecular weight is 495 g/mol. The summed E-state index contributed by atoms with van der Waals surface area (Å²) in [7, 11) is 0. The topological polar surface area (TPSA) is 92.3 Å². The van der Waals surface area contributed by atoms with E-state index in [1.807, 2.05) is 30.5 Å². The van der Waals surface area contributed by atoms with Crippen LogP contribution in [0.15, 0.2) is 67.1 Å². The number of carbonyl (C=O) groups is 1. The number of rotatable bonds is 7. The maximum absolute atomic E-state index is 12.8. The van der Waals surface area contributed by atoms with Crippen LogP contribution in [0, 0.1) is 0 Å². The number of hydrogen-bond donors (Lipinski definition) is 2. The zero-order chi connectivity index (χ0) is 24.2. The highest BCUT2D eigenvalue weighted by molar-refractivity contribution is 7.18. The molecule has 5 rings (SSSR count). The highest BCUT2D eigenvalue weighted by atomic mass is 32.1. The normalized spacial score (nSPS) is 12.8. The van der Waals surface area contributed by atoms with Crippen LogP contribution in [0.25, 0.3) is 10.4 Å². The van der Waals surface area contributed by atoms with Crippen molar-refractivity contribution in [2.24, 2.45) is 0 Å². The summed E-state index contributed by atoms with van der Waals surface area (Å²) in [6.45, 7) is 2.13. The van der Waals surface area contributed by atoms with E-state index in [4.69, 9.17) is 4.74 Å². The second-order valence-corrected chi connectivity index (χ2v) is 8.74. The largest absolute Gasteiger partial charge is 0.424 e. The zero-order valence-corrected chi connectivity index (χ0v) is 19.1. The first kappa shape index (κ1) is 22.7. The number of hydrogen-bond acceptors (Lipinski definition) is 7. The summed E-state index contributed by atoms with van der Waals surface area (Å²) < 4.78 is 31.3. The minimum absolute atomic E-state index is 0.117. The Morgan fingerprint density at radius 3 is 2.40 bits per heavy atom. The van der Waals surface area contributed by atoms with Crippen LogP contribution in [-0.4, -0.2) is 34.1 Å². The number of carbonyl (C=O) groups excluding carboxylic acids is 1. The predicted molar refractivity (Wildman–Crippen MR) is 131 cm³/mol. The fourth-order valence-electron chi connectivity index (χ4n) is 3.32. The third-order valence-corrected chi connectivity index (χ3v) is 6.36. The summed E-state index contributed by atoms with van der Waals surface area (Å²) in [4.78, 5) is 28.2. The molecule has 4 aromatic rings. The molecule has 1 aliphatic heterocycles. The van der Waals surface area contributed by atoms with E-state index in [-0.39, 0.29) is 17.3 Å². The molecule has 11 heteroatoms. The van der Waals surface area contributed by atoms with E-state index < -0.39 is 12.5 Å². The van der Waals surface area contributed by atoms with E-state index in [1.54, 1.807) is 11.3 Å². The Bertz CT molecular complexity index is 1310. The maximum atomic E-state index is 12.8. The van der Waals surface area contributed by atoms with Gasteiger partial charge in [0.25, 0.3) is 6.43 Å². The summed E-state index contributed by atoms with van der Waals surface area (Å²) in [6.07, 6.45) is 3.26. The smallest absolute Gasteiger partial charge is 0.323 e. The lowest BCUT2D eigenvalue weighted by molar-refractivity contribution is 0.151. The lowest BCUT2D eigenvalue weighted by atomic mass is 10.2. The Hall–Kier alpha value is -4.12. The Labute approximate surface area is 203 Å². The van der Waals surface area contributed by atoms with Gasteiger partial charge in [-0.25, -0.2) is 28.5 Å². The Balaban J connectivity index is 1.16. The molecule has 0 aliphatic carbocycles. The van der Waals surface area contributed by atoms with Crippen LogP contribution in [0.4, 0.5) is 30.1 Å². The van der Waals surface area contributed by atoms with E-state index in [0.29, 0.717) is 11.4 Å². The summed E-state index contributed by atoms with van der Waals surface area (Å²) in [5, 5.41) is 6.09. The van der Waals surface area contributed by atoms with Crippen molar-refractivity contribution in [2.45, 2.75) is 12.8 Å². The standard InChI is InChI=1S/C24H20F2N6O2S/c25-21(26)16-3-1-4-17(11-16)30-22(33)31-18-12-27-23(28-13-18)34-19-7-5-15(6-8-19)20-14-29-24(35-20)32-9-2-10-32/h1,3-8,11-14,21H,2,9-10H2,(H2,30,31,33). The van der Waals surface area contributed by atoms with Gasteiger partial charge in [-0.15, -0.1) is 0 Å². The fourth-order valence-corrected chi connectivity index (χ4v) is 4.30. The summed E-state index contributed by atoms with van der Waals surface area (Å²) in [6, 6.07) is 12.5. The number of alkyl halides is 2. The van der Waals surface area contributed by atoms with Gasteiger partial charge in [0.2, 0.25) is 0 Å². The molecule has 0 spiro atoms. The van der Waals surface area contributed by atoms with Gasteiger partial charge in [0.1, 0.15) is 5.75 Å². The van der Waals surface area contributed by atoms with Gasteiger partial charge in [-0.1, -0.05) is 23.5 Å². The molecule has 2 aromatic carbocycles. The molecule has 2 amide bonds. The minimum atomic E-state index is -2.62. The summed E-state index contributed by atoms with van der Waals surface area (Å²) >= 11 is 1.66. The van der Waals surface area contributed by atoms with Crippen LogP contribution in [0.2, 0.25) is 0 Å². The molecule has 2 N–H and O–H groups in total. The van der Waals surface area contributed by atoms with Crippen molar-refractivity contribution in [3.8, 4) is 22.2 Å². The number of urea groups is 1. The van der Waals surface area contributed by atoms with E-state index in [9.17, 15) is 13.6 Å². The van der Waals surface area contributed by atoms with Crippen molar-refractivity contribution in [2.75, 3.05) is 28.6 Å². The van der Waals surface area contributed by atoms with Crippen LogP contribution in [0.5, 0.6) is 11.8 Å². The molecule has 3 heterocycles. The first-order chi connectivity index (χ1) is 17.0. The molecule has 0 bridgehead atoms. The van der Waals surface area contributed by atoms with Gasteiger partial charge >= 0.3 is 12.0 Å². The van der Waals surface area contributed by atoms with Crippen LogP contribution in [-0.2, 0) is 0 Å². The monoisotopic (exact) mass is 494 g/mol. The van der Waals surface area contributed by atoms with Crippen LogP contribution < -0.4 is 20.3 Å². The summed E-state index contributed by atoms with van der Waals surface area (Å²) in [5.41, 5.74) is 1.44. The van der Waals surface area contributed by atoms with Crippen LogP contribution in [0.3, 0.4) is 0 Å². The van der Waals surface area contributed by atoms with Gasteiger partial charge in [-0.05, 0) is 48.4 Å². The number of thiazole rings is 1. The number of nitrogens with one attached hydrogen (secondary N) is 2. The third kappa shape index (κ3) is 5.52. The van der Waals surface area contributed by atoms with Gasteiger partial charge in [0.05, 0.1) is 23.0 Å².